The van der Waals surface area contributed by atoms with Crippen LogP contribution >= 0.6 is 0 Å². The fourth-order valence-electron chi connectivity index (χ4n) is 1.27. The van der Waals surface area contributed by atoms with Gasteiger partial charge in [-0.1, -0.05) is 18.2 Å². The third-order valence-corrected chi connectivity index (χ3v) is 2.10. The number of hydrogen-bond acceptors (Lipinski definition) is 3. The Bertz CT molecular complexity index is 460. The highest BCUT2D eigenvalue weighted by atomic mass is 19.4. The van der Waals surface area contributed by atoms with Gasteiger partial charge in [-0.3, -0.25) is 15.0 Å². The Balaban J connectivity index is 2.80. The van der Waals surface area contributed by atoms with E-state index >= 15 is 0 Å². The molecule has 0 atom stereocenters. The van der Waals surface area contributed by atoms with E-state index in [-0.39, 0.29) is 5.56 Å². The summed E-state index contributed by atoms with van der Waals surface area (Å²) < 4.78 is 37.8. The number of carbonyl (C=O) groups excluding carboxylic acids is 2. The zero-order valence-corrected chi connectivity index (χ0v) is 9.04. The molecule has 18 heavy (non-hydrogen) atoms. The number of benzene rings is 1. The Morgan fingerprint density at radius 3 is 2.33 bits per heavy atom. The van der Waals surface area contributed by atoms with Crippen LogP contribution in [0, 0.1) is 0 Å². The summed E-state index contributed by atoms with van der Waals surface area (Å²) in [6.45, 7) is -0.415. The third-order valence-electron chi connectivity index (χ3n) is 2.10. The Labute approximate surface area is 100 Å². The van der Waals surface area contributed by atoms with Crippen molar-refractivity contribution >= 4 is 11.8 Å². The lowest BCUT2D eigenvalue weighted by molar-refractivity contribution is -0.140. The molecule has 0 radical (unpaired) electrons. The molecule has 8 heteroatoms. The van der Waals surface area contributed by atoms with Crippen LogP contribution < -0.4 is 16.6 Å². The van der Waals surface area contributed by atoms with Crippen LogP contribution in [0.2, 0.25) is 0 Å². The maximum Gasteiger partial charge on any atom is 0.416 e. The van der Waals surface area contributed by atoms with Crippen LogP contribution in [0.5, 0.6) is 0 Å². The van der Waals surface area contributed by atoms with Crippen LogP contribution in [-0.2, 0) is 22.3 Å². The molecule has 0 bridgehead atoms. The second kappa shape index (κ2) is 5.50. The Morgan fingerprint density at radius 2 is 1.78 bits per heavy atom. The maximum absolute atomic E-state index is 12.6. The highest BCUT2D eigenvalue weighted by Crippen LogP contribution is 2.31. The van der Waals surface area contributed by atoms with E-state index in [0.29, 0.717) is 0 Å². The van der Waals surface area contributed by atoms with Crippen LogP contribution in [0.1, 0.15) is 11.1 Å². The molecule has 4 N–H and O–H groups in total. The first-order valence-corrected chi connectivity index (χ1v) is 4.80. The number of rotatable bonds is 2. The number of nitrogens with one attached hydrogen (secondary N) is 2. The molecule has 0 aliphatic rings. The monoisotopic (exact) mass is 261 g/mol. The summed E-state index contributed by atoms with van der Waals surface area (Å²) >= 11 is 0. The van der Waals surface area contributed by atoms with E-state index in [9.17, 15) is 22.8 Å². The van der Waals surface area contributed by atoms with Crippen molar-refractivity contribution in [3.8, 4) is 0 Å². The topological polar surface area (TPSA) is 84.2 Å². The van der Waals surface area contributed by atoms with E-state index in [4.69, 9.17) is 5.84 Å². The molecule has 0 aliphatic heterocycles. The van der Waals surface area contributed by atoms with Gasteiger partial charge in [0.05, 0.1) is 5.56 Å². The minimum absolute atomic E-state index is 0.136. The molecule has 0 saturated carbocycles. The van der Waals surface area contributed by atoms with Gasteiger partial charge in [0.1, 0.15) is 0 Å². The number of carbonyl (C=O) groups is 2. The number of hydrogen-bond donors (Lipinski definition) is 3. The average Bonchev–Trinajstić information content (AvgIpc) is 2.34. The Morgan fingerprint density at radius 1 is 1.17 bits per heavy atom. The van der Waals surface area contributed by atoms with Gasteiger partial charge < -0.3 is 5.32 Å². The SMILES string of the molecule is NNC(=O)C(=O)NCc1ccccc1C(F)(F)F. The van der Waals surface area contributed by atoms with Gasteiger partial charge in [-0.05, 0) is 11.6 Å². The van der Waals surface area contributed by atoms with Crippen LogP contribution in [-0.4, -0.2) is 11.8 Å². The number of nitrogens with two attached hydrogens (primary N) is 1. The van der Waals surface area contributed by atoms with Crippen molar-refractivity contribution in [3.05, 3.63) is 35.4 Å². The first-order valence-electron chi connectivity index (χ1n) is 4.80. The third kappa shape index (κ3) is 3.45. The van der Waals surface area contributed by atoms with Gasteiger partial charge in [-0.25, -0.2) is 5.84 Å². The van der Waals surface area contributed by atoms with Crippen LogP contribution in [0.3, 0.4) is 0 Å². The fourth-order valence-corrected chi connectivity index (χ4v) is 1.27. The number of amides is 2. The van der Waals surface area contributed by atoms with E-state index in [1.165, 1.54) is 18.2 Å². The summed E-state index contributed by atoms with van der Waals surface area (Å²) in [6, 6.07) is 4.74. The van der Waals surface area contributed by atoms with Crippen LogP contribution in [0.25, 0.3) is 0 Å². The molecule has 0 aromatic heterocycles. The van der Waals surface area contributed by atoms with Crippen molar-refractivity contribution in [2.45, 2.75) is 12.7 Å². The van der Waals surface area contributed by atoms with Crippen LogP contribution in [0.15, 0.2) is 24.3 Å². The minimum atomic E-state index is -4.52. The van der Waals surface area contributed by atoms with Crippen molar-refractivity contribution < 1.29 is 22.8 Å². The Kier molecular flexibility index (Phi) is 4.27. The predicted octanol–water partition coefficient (Wildman–Crippen LogP) is 0.312. The molecule has 98 valence electrons. The van der Waals surface area contributed by atoms with E-state index < -0.39 is 30.1 Å². The summed E-state index contributed by atoms with van der Waals surface area (Å²) in [6.07, 6.45) is -4.52. The van der Waals surface area contributed by atoms with Gasteiger partial charge in [0, 0.05) is 6.54 Å². The molecule has 0 aliphatic carbocycles. The molecular weight excluding hydrogens is 251 g/mol. The standard InChI is InChI=1S/C10H10F3N3O2/c11-10(12,13)7-4-2-1-3-6(7)5-15-8(17)9(18)16-14/h1-4H,5,14H2,(H,15,17)(H,16,18). The smallest absolute Gasteiger partial charge is 0.344 e. The van der Waals surface area contributed by atoms with Gasteiger partial charge in [0.15, 0.2) is 0 Å². The van der Waals surface area contributed by atoms with Gasteiger partial charge >= 0.3 is 18.0 Å². The molecule has 0 unspecified atom stereocenters. The summed E-state index contributed by atoms with van der Waals surface area (Å²) in [5.41, 5.74) is 0.574. The van der Waals surface area contributed by atoms with Crippen molar-refractivity contribution in [2.24, 2.45) is 5.84 Å². The van der Waals surface area contributed by atoms with Gasteiger partial charge in [-0.2, -0.15) is 13.2 Å². The molecule has 0 heterocycles. The van der Waals surface area contributed by atoms with E-state index in [0.717, 1.165) is 6.07 Å². The normalized spacial score (nSPS) is 10.9. The molecule has 5 nitrogen and oxygen atoms in total. The highest BCUT2D eigenvalue weighted by Gasteiger charge is 2.32. The summed E-state index contributed by atoms with van der Waals surface area (Å²) in [7, 11) is 0. The molecule has 1 aromatic carbocycles. The van der Waals surface area contributed by atoms with Gasteiger partial charge in [0.2, 0.25) is 0 Å². The lowest BCUT2D eigenvalue weighted by Crippen LogP contribution is -2.42. The maximum atomic E-state index is 12.6. The van der Waals surface area contributed by atoms with Gasteiger partial charge in [0.25, 0.3) is 0 Å². The van der Waals surface area contributed by atoms with Crippen LogP contribution in [0.4, 0.5) is 13.2 Å². The highest BCUT2D eigenvalue weighted by molar-refractivity contribution is 6.34. The summed E-state index contributed by atoms with van der Waals surface area (Å²) in [5.74, 6) is 2.47. The summed E-state index contributed by atoms with van der Waals surface area (Å²) in [5, 5.41) is 2.03. The number of halogens is 3. The minimum Gasteiger partial charge on any atom is -0.344 e. The van der Waals surface area contributed by atoms with E-state index in [2.05, 4.69) is 0 Å². The van der Waals surface area contributed by atoms with Crippen molar-refractivity contribution in [2.75, 3.05) is 0 Å². The van der Waals surface area contributed by atoms with Gasteiger partial charge in [-0.15, -0.1) is 0 Å². The second-order valence-corrected chi connectivity index (χ2v) is 3.31. The molecule has 1 rings (SSSR count). The fraction of sp³-hybridized carbons (Fsp3) is 0.200. The van der Waals surface area contributed by atoms with Crippen molar-refractivity contribution in [3.63, 3.8) is 0 Å². The molecule has 1 aromatic rings. The lowest BCUT2D eigenvalue weighted by atomic mass is 10.1. The average molecular weight is 261 g/mol. The Hall–Kier alpha value is -2.09. The molecule has 0 saturated heterocycles. The predicted molar refractivity (Wildman–Crippen MR) is 55.6 cm³/mol. The second-order valence-electron chi connectivity index (χ2n) is 3.31. The first-order chi connectivity index (χ1) is 8.36. The number of alkyl halides is 3. The molecular formula is C10H10F3N3O2. The quantitative estimate of drug-likeness (QED) is 0.310. The molecule has 2 amide bonds. The molecule has 0 fully saturated rings. The zero-order valence-electron chi connectivity index (χ0n) is 9.04. The van der Waals surface area contributed by atoms with Crippen molar-refractivity contribution in [1.82, 2.24) is 10.7 Å². The van der Waals surface area contributed by atoms with E-state index in [1.807, 2.05) is 5.32 Å². The molecule has 0 spiro atoms. The van der Waals surface area contributed by atoms with E-state index in [1.54, 1.807) is 5.43 Å². The number of hydrazine groups is 1. The van der Waals surface area contributed by atoms with Crippen molar-refractivity contribution in [1.29, 1.82) is 0 Å². The summed E-state index contributed by atoms with van der Waals surface area (Å²) in [4.78, 5) is 21.8. The zero-order chi connectivity index (χ0) is 13.8. The first kappa shape index (κ1) is 14.0. The largest absolute Gasteiger partial charge is 0.416 e. The lowest BCUT2D eigenvalue weighted by Gasteiger charge is -2.12.